The predicted molar refractivity (Wildman–Crippen MR) is 30.9 cm³/mol. The van der Waals surface area contributed by atoms with Crippen LogP contribution in [0.5, 0.6) is 0 Å². The van der Waals surface area contributed by atoms with Crippen molar-refractivity contribution < 1.29 is 9.46 Å². The van der Waals surface area contributed by atoms with E-state index in [4.69, 9.17) is 0 Å². The van der Waals surface area contributed by atoms with Gasteiger partial charge in [0.15, 0.2) is 5.66 Å². The van der Waals surface area contributed by atoms with Crippen molar-refractivity contribution in [1.29, 1.82) is 0 Å². The van der Waals surface area contributed by atoms with E-state index in [0.717, 1.165) is 0 Å². The van der Waals surface area contributed by atoms with Crippen LogP contribution in [-0.4, -0.2) is 11.4 Å². The van der Waals surface area contributed by atoms with Crippen molar-refractivity contribution in [3.05, 3.63) is 0 Å². The highest BCUT2D eigenvalue weighted by atomic mass is 32.1. The van der Waals surface area contributed by atoms with Gasteiger partial charge in [0.2, 0.25) is 0 Å². The molecule has 0 aromatic carbocycles. The SMILES string of the molecule is CC(CS)[P+](=O)[O-]. The molecular formula is C3H7O2PS. The molecule has 0 bridgehead atoms. The standard InChI is InChI=1S/C3H7O2PS/c1-3(2-7)6(4)5/h3,7H,2H2,1H3. The van der Waals surface area contributed by atoms with Gasteiger partial charge in [0.1, 0.15) is 0 Å². The molecule has 2 atom stereocenters. The number of hydrogen-bond donors (Lipinski definition) is 1. The number of hydrogen-bond acceptors (Lipinski definition) is 3. The van der Waals surface area contributed by atoms with Crippen LogP contribution in [0.25, 0.3) is 0 Å². The van der Waals surface area contributed by atoms with Crippen molar-refractivity contribution in [2.24, 2.45) is 0 Å². The first-order chi connectivity index (χ1) is 3.18. The second kappa shape index (κ2) is 3.42. The van der Waals surface area contributed by atoms with Gasteiger partial charge in [-0.1, -0.05) is 4.57 Å². The molecule has 2 unspecified atom stereocenters. The molecule has 0 aliphatic rings. The highest BCUT2D eigenvalue weighted by Crippen LogP contribution is 2.16. The summed E-state index contributed by atoms with van der Waals surface area (Å²) in [7, 11) is -2.24. The molecule has 0 radical (unpaired) electrons. The summed E-state index contributed by atoms with van der Waals surface area (Å²) in [5.41, 5.74) is -0.279. The molecule has 2 nitrogen and oxygen atoms in total. The van der Waals surface area contributed by atoms with Gasteiger partial charge in [-0.2, -0.15) is 12.6 Å². The summed E-state index contributed by atoms with van der Waals surface area (Å²) in [5.74, 6) is 0.415. The zero-order valence-corrected chi connectivity index (χ0v) is 5.78. The van der Waals surface area contributed by atoms with E-state index >= 15 is 0 Å². The third-order valence-corrected chi connectivity index (χ3v) is 2.36. The first kappa shape index (κ1) is 7.41. The first-order valence-electron chi connectivity index (χ1n) is 1.93. The molecule has 0 heterocycles. The Hall–Kier alpha value is 0.410. The lowest BCUT2D eigenvalue weighted by molar-refractivity contribution is -0.165. The normalized spacial score (nSPS) is 16.1. The van der Waals surface area contributed by atoms with E-state index in [2.05, 4.69) is 12.6 Å². The van der Waals surface area contributed by atoms with Gasteiger partial charge in [0.05, 0.1) is 0 Å². The van der Waals surface area contributed by atoms with Gasteiger partial charge in [0, 0.05) is 5.75 Å². The Morgan fingerprint density at radius 1 is 2.00 bits per heavy atom. The molecular weight excluding hydrogens is 131 g/mol. The molecule has 0 N–H and O–H groups in total. The lowest BCUT2D eigenvalue weighted by atomic mass is 10.6. The predicted octanol–water partition coefficient (Wildman–Crippen LogP) is 0.407. The summed E-state index contributed by atoms with van der Waals surface area (Å²) in [6.45, 7) is 1.62. The van der Waals surface area contributed by atoms with Crippen LogP contribution >= 0.6 is 20.7 Å². The largest absolute Gasteiger partial charge is 0.595 e. The molecule has 0 rings (SSSR count). The summed E-state index contributed by atoms with van der Waals surface area (Å²) < 4.78 is 9.92. The van der Waals surface area contributed by atoms with E-state index in [1.54, 1.807) is 6.92 Å². The Balaban J connectivity index is 3.34. The Kier molecular flexibility index (Phi) is 3.62. The number of rotatable bonds is 2. The van der Waals surface area contributed by atoms with Crippen LogP contribution in [0.4, 0.5) is 0 Å². The fraction of sp³-hybridized carbons (Fsp3) is 1.00. The topological polar surface area (TPSA) is 40.1 Å². The van der Waals surface area contributed by atoms with E-state index in [9.17, 15) is 9.46 Å². The highest BCUT2D eigenvalue weighted by Gasteiger charge is 2.10. The van der Waals surface area contributed by atoms with Gasteiger partial charge < -0.3 is 4.89 Å². The molecule has 0 aliphatic heterocycles. The van der Waals surface area contributed by atoms with Crippen molar-refractivity contribution in [2.75, 3.05) is 5.75 Å². The zero-order chi connectivity index (χ0) is 5.86. The van der Waals surface area contributed by atoms with Crippen LogP contribution < -0.4 is 4.89 Å². The van der Waals surface area contributed by atoms with E-state index in [1.807, 2.05) is 0 Å². The zero-order valence-electron chi connectivity index (χ0n) is 4.00. The maximum absolute atomic E-state index is 9.92. The van der Waals surface area contributed by atoms with Gasteiger partial charge in [-0.25, -0.2) is 0 Å². The average molecular weight is 138 g/mol. The Bertz CT molecular complexity index is 75.3. The fourth-order valence-electron chi connectivity index (χ4n) is 0.0667. The third-order valence-electron chi connectivity index (χ3n) is 0.624. The minimum atomic E-state index is -2.24. The van der Waals surface area contributed by atoms with E-state index in [-0.39, 0.29) is 5.66 Å². The highest BCUT2D eigenvalue weighted by molar-refractivity contribution is 7.80. The first-order valence-corrected chi connectivity index (χ1v) is 3.80. The molecule has 4 heteroatoms. The van der Waals surface area contributed by atoms with Gasteiger partial charge in [-0.3, -0.25) is 0 Å². The minimum Gasteiger partial charge on any atom is -0.595 e. The lowest BCUT2D eigenvalue weighted by Crippen LogP contribution is -2.03. The van der Waals surface area contributed by atoms with Crippen molar-refractivity contribution >= 4 is 20.7 Å². The monoisotopic (exact) mass is 138 g/mol. The molecule has 0 amide bonds. The summed E-state index contributed by atoms with van der Waals surface area (Å²) in [6, 6.07) is 0. The molecule has 0 spiro atoms. The molecule has 42 valence electrons. The Morgan fingerprint density at radius 2 is 2.43 bits per heavy atom. The summed E-state index contributed by atoms with van der Waals surface area (Å²) in [5, 5.41) is 0. The molecule has 7 heavy (non-hydrogen) atoms. The molecule has 0 fully saturated rings. The van der Waals surface area contributed by atoms with Crippen LogP contribution in [0.15, 0.2) is 0 Å². The van der Waals surface area contributed by atoms with Crippen molar-refractivity contribution in [2.45, 2.75) is 12.6 Å². The van der Waals surface area contributed by atoms with Gasteiger partial charge in [0.25, 0.3) is 0 Å². The summed E-state index contributed by atoms with van der Waals surface area (Å²) in [4.78, 5) is 9.92. The molecule has 0 aliphatic carbocycles. The summed E-state index contributed by atoms with van der Waals surface area (Å²) >= 11 is 3.77. The van der Waals surface area contributed by atoms with Crippen LogP contribution in [0.1, 0.15) is 6.92 Å². The molecule has 0 saturated carbocycles. The second-order valence-corrected chi connectivity index (χ2v) is 3.13. The van der Waals surface area contributed by atoms with E-state index in [1.165, 1.54) is 0 Å². The quantitative estimate of drug-likeness (QED) is 0.443. The molecule has 0 aromatic rings. The molecule has 0 saturated heterocycles. The van der Waals surface area contributed by atoms with Crippen molar-refractivity contribution in [1.82, 2.24) is 0 Å². The van der Waals surface area contributed by atoms with Gasteiger partial charge >= 0.3 is 8.03 Å². The molecule has 0 aromatic heterocycles. The Morgan fingerprint density at radius 3 is 2.43 bits per heavy atom. The van der Waals surface area contributed by atoms with Gasteiger partial charge in [-0.15, -0.1) is 0 Å². The van der Waals surface area contributed by atoms with Crippen LogP contribution in [0.2, 0.25) is 0 Å². The van der Waals surface area contributed by atoms with Crippen molar-refractivity contribution in [3.8, 4) is 0 Å². The van der Waals surface area contributed by atoms with E-state index < -0.39 is 8.03 Å². The van der Waals surface area contributed by atoms with E-state index in [0.29, 0.717) is 5.75 Å². The van der Waals surface area contributed by atoms with Crippen LogP contribution in [0.3, 0.4) is 0 Å². The second-order valence-electron chi connectivity index (χ2n) is 1.32. The van der Waals surface area contributed by atoms with Gasteiger partial charge in [-0.05, 0) is 6.92 Å². The average Bonchev–Trinajstić information content (AvgIpc) is 1.65. The lowest BCUT2D eigenvalue weighted by Gasteiger charge is -1.92. The Labute approximate surface area is 49.2 Å². The maximum Gasteiger partial charge on any atom is 0.312 e. The van der Waals surface area contributed by atoms with Crippen LogP contribution in [0, 0.1) is 0 Å². The van der Waals surface area contributed by atoms with Crippen LogP contribution in [-0.2, 0) is 4.57 Å². The maximum atomic E-state index is 9.92. The summed E-state index contributed by atoms with van der Waals surface area (Å²) in [6.07, 6.45) is 0. The fourth-order valence-corrected chi connectivity index (χ4v) is 0.600. The smallest absolute Gasteiger partial charge is 0.312 e. The minimum absolute atomic E-state index is 0.279. The van der Waals surface area contributed by atoms with Crippen molar-refractivity contribution in [3.63, 3.8) is 0 Å². The third kappa shape index (κ3) is 3.03. The number of thiol groups is 1.